The van der Waals surface area contributed by atoms with Gasteiger partial charge in [0.1, 0.15) is 0 Å². The summed E-state index contributed by atoms with van der Waals surface area (Å²) < 4.78 is 0. The molecule has 21 heavy (non-hydrogen) atoms. The third-order valence-electron chi connectivity index (χ3n) is 4.22. The van der Waals surface area contributed by atoms with Gasteiger partial charge in [0.05, 0.1) is 13.0 Å². The highest BCUT2D eigenvalue weighted by molar-refractivity contribution is 7.10. The van der Waals surface area contributed by atoms with E-state index >= 15 is 0 Å². The van der Waals surface area contributed by atoms with Gasteiger partial charge in [-0.15, -0.1) is 11.3 Å². The Morgan fingerprint density at radius 1 is 1.43 bits per heavy atom. The number of carbonyl (C=O) groups excluding carboxylic acids is 2. The van der Waals surface area contributed by atoms with Crippen LogP contribution in [0.4, 0.5) is 0 Å². The van der Waals surface area contributed by atoms with Gasteiger partial charge in [-0.2, -0.15) is 0 Å². The van der Waals surface area contributed by atoms with Crippen molar-refractivity contribution in [3.05, 3.63) is 22.4 Å². The van der Waals surface area contributed by atoms with E-state index in [1.165, 1.54) is 0 Å². The number of carbonyl (C=O) groups is 2. The Bertz CT molecular complexity index is 503. The number of nitrogens with zero attached hydrogens (tertiary/aromatic N) is 2. The van der Waals surface area contributed by atoms with Crippen LogP contribution in [0.2, 0.25) is 0 Å². The third kappa shape index (κ3) is 3.44. The van der Waals surface area contributed by atoms with Crippen LogP contribution in [-0.2, 0) is 16.0 Å². The van der Waals surface area contributed by atoms with Crippen LogP contribution >= 0.6 is 11.3 Å². The van der Waals surface area contributed by atoms with Gasteiger partial charge < -0.3 is 15.1 Å². The van der Waals surface area contributed by atoms with Crippen LogP contribution < -0.4 is 5.32 Å². The van der Waals surface area contributed by atoms with Crippen molar-refractivity contribution in [1.82, 2.24) is 15.1 Å². The zero-order valence-corrected chi connectivity index (χ0v) is 12.9. The lowest BCUT2D eigenvalue weighted by molar-refractivity contribution is -0.140. The lowest BCUT2D eigenvalue weighted by atomic mass is 10.0. The summed E-state index contributed by atoms with van der Waals surface area (Å²) in [5.41, 5.74) is 0. The summed E-state index contributed by atoms with van der Waals surface area (Å²) in [5, 5.41) is 5.10. The van der Waals surface area contributed by atoms with Crippen LogP contribution in [0.3, 0.4) is 0 Å². The number of hydrogen-bond donors (Lipinski definition) is 1. The molecule has 0 aromatic carbocycles. The molecule has 0 aliphatic carbocycles. The van der Waals surface area contributed by atoms with Crippen LogP contribution in [0.1, 0.15) is 17.7 Å². The van der Waals surface area contributed by atoms with E-state index in [0.29, 0.717) is 19.5 Å². The summed E-state index contributed by atoms with van der Waals surface area (Å²) >= 11 is 1.62. The maximum Gasteiger partial charge on any atom is 0.236 e. The second kappa shape index (κ2) is 6.58. The highest BCUT2D eigenvalue weighted by Crippen LogP contribution is 2.19. The van der Waals surface area contributed by atoms with E-state index in [0.717, 1.165) is 37.4 Å². The van der Waals surface area contributed by atoms with Gasteiger partial charge in [0.25, 0.3) is 0 Å². The summed E-state index contributed by atoms with van der Waals surface area (Å²) in [4.78, 5) is 29.4. The van der Waals surface area contributed by atoms with Gasteiger partial charge >= 0.3 is 0 Å². The van der Waals surface area contributed by atoms with Crippen molar-refractivity contribution in [1.29, 1.82) is 0 Å². The fourth-order valence-corrected chi connectivity index (χ4v) is 3.81. The predicted molar refractivity (Wildman–Crippen MR) is 82.2 cm³/mol. The van der Waals surface area contributed by atoms with Crippen molar-refractivity contribution < 1.29 is 9.59 Å². The first-order valence-electron chi connectivity index (χ1n) is 7.54. The Morgan fingerprint density at radius 3 is 3.10 bits per heavy atom. The molecule has 6 heteroatoms. The third-order valence-corrected chi connectivity index (χ3v) is 5.10. The molecule has 2 amide bonds. The molecule has 2 fully saturated rings. The number of amides is 2. The van der Waals surface area contributed by atoms with Gasteiger partial charge in [-0.25, -0.2) is 0 Å². The van der Waals surface area contributed by atoms with Crippen molar-refractivity contribution in [3.8, 4) is 0 Å². The molecular weight excluding hydrogens is 286 g/mol. The minimum absolute atomic E-state index is 0.166. The average molecular weight is 307 g/mol. The van der Waals surface area contributed by atoms with Gasteiger partial charge in [0.15, 0.2) is 0 Å². The second-order valence-electron chi connectivity index (χ2n) is 5.66. The Kier molecular flexibility index (Phi) is 4.55. The number of hydrogen-bond acceptors (Lipinski definition) is 4. The van der Waals surface area contributed by atoms with E-state index in [4.69, 9.17) is 0 Å². The molecule has 1 aromatic rings. The quantitative estimate of drug-likeness (QED) is 0.895. The fourth-order valence-electron chi connectivity index (χ4n) is 3.12. The molecule has 2 aliphatic heterocycles. The molecule has 3 rings (SSSR count). The SMILES string of the molecule is O=C(Cc1cccs1)N1CCCC(N2CCNCC2=O)C1. The van der Waals surface area contributed by atoms with Crippen LogP contribution in [0, 0.1) is 0 Å². The van der Waals surface area contributed by atoms with E-state index in [1.807, 2.05) is 27.3 Å². The van der Waals surface area contributed by atoms with Crippen LogP contribution in [0.25, 0.3) is 0 Å². The number of nitrogens with one attached hydrogen (secondary N) is 1. The van der Waals surface area contributed by atoms with Gasteiger partial charge in [-0.05, 0) is 24.3 Å². The molecule has 2 saturated heterocycles. The Balaban J connectivity index is 1.59. The topological polar surface area (TPSA) is 52.7 Å². The van der Waals surface area contributed by atoms with E-state index in [-0.39, 0.29) is 17.9 Å². The summed E-state index contributed by atoms with van der Waals surface area (Å²) in [7, 11) is 0. The molecule has 1 aromatic heterocycles. The molecule has 1 atom stereocenters. The molecule has 1 unspecified atom stereocenters. The molecule has 0 saturated carbocycles. The van der Waals surface area contributed by atoms with Crippen LogP contribution in [0.15, 0.2) is 17.5 Å². The maximum atomic E-state index is 12.4. The Morgan fingerprint density at radius 2 is 2.33 bits per heavy atom. The van der Waals surface area contributed by atoms with Crippen molar-refractivity contribution in [2.75, 3.05) is 32.7 Å². The summed E-state index contributed by atoms with van der Waals surface area (Å²) in [6, 6.07) is 4.18. The molecule has 3 heterocycles. The minimum Gasteiger partial charge on any atom is -0.340 e. The number of rotatable bonds is 3. The molecule has 0 bridgehead atoms. The summed E-state index contributed by atoms with van der Waals surface area (Å²) in [6.07, 6.45) is 2.48. The first-order chi connectivity index (χ1) is 10.2. The zero-order chi connectivity index (χ0) is 14.7. The first-order valence-corrected chi connectivity index (χ1v) is 8.42. The van der Waals surface area contributed by atoms with Gasteiger partial charge in [0, 0.05) is 37.1 Å². The van der Waals surface area contributed by atoms with Crippen molar-refractivity contribution in [2.45, 2.75) is 25.3 Å². The van der Waals surface area contributed by atoms with E-state index in [1.54, 1.807) is 11.3 Å². The standard InChI is InChI=1S/C15H21N3O2S/c19-14(9-13-4-2-8-21-13)17-6-1-3-12(11-17)18-7-5-16-10-15(18)20/h2,4,8,12,16H,1,3,5-7,9-11H2. The number of piperidine rings is 1. The molecule has 0 spiro atoms. The summed E-state index contributed by atoms with van der Waals surface area (Å²) in [6.45, 7) is 3.55. The first kappa shape index (κ1) is 14.5. The largest absolute Gasteiger partial charge is 0.340 e. The van der Waals surface area contributed by atoms with E-state index in [2.05, 4.69) is 5.32 Å². The van der Waals surface area contributed by atoms with Gasteiger partial charge in [0.2, 0.25) is 11.8 Å². The number of piperazine rings is 1. The molecule has 1 N–H and O–H groups in total. The molecule has 0 radical (unpaired) electrons. The van der Waals surface area contributed by atoms with E-state index in [9.17, 15) is 9.59 Å². The second-order valence-corrected chi connectivity index (χ2v) is 6.69. The highest BCUT2D eigenvalue weighted by Gasteiger charge is 2.31. The molecule has 114 valence electrons. The normalized spacial score (nSPS) is 23.4. The van der Waals surface area contributed by atoms with Crippen molar-refractivity contribution in [2.24, 2.45) is 0 Å². The Hall–Kier alpha value is -1.40. The van der Waals surface area contributed by atoms with Crippen molar-refractivity contribution >= 4 is 23.2 Å². The fraction of sp³-hybridized carbons (Fsp3) is 0.600. The van der Waals surface area contributed by atoms with Crippen molar-refractivity contribution in [3.63, 3.8) is 0 Å². The zero-order valence-electron chi connectivity index (χ0n) is 12.1. The predicted octanol–water partition coefficient (Wildman–Crippen LogP) is 0.713. The lowest BCUT2D eigenvalue weighted by Gasteiger charge is -2.41. The monoisotopic (exact) mass is 307 g/mol. The summed E-state index contributed by atoms with van der Waals surface area (Å²) in [5.74, 6) is 0.350. The van der Waals surface area contributed by atoms with Crippen LogP contribution in [-0.4, -0.2) is 60.4 Å². The van der Waals surface area contributed by atoms with Gasteiger partial charge in [-0.3, -0.25) is 9.59 Å². The molecule has 5 nitrogen and oxygen atoms in total. The minimum atomic E-state index is 0.166. The smallest absolute Gasteiger partial charge is 0.236 e. The molecule has 2 aliphatic rings. The van der Waals surface area contributed by atoms with Crippen LogP contribution in [0.5, 0.6) is 0 Å². The lowest BCUT2D eigenvalue weighted by Crippen LogP contribution is -2.57. The Labute approximate surface area is 128 Å². The highest BCUT2D eigenvalue weighted by atomic mass is 32.1. The molecular formula is C15H21N3O2S. The average Bonchev–Trinajstić information content (AvgIpc) is 3.01. The number of likely N-dealkylation sites (tertiary alicyclic amines) is 1. The van der Waals surface area contributed by atoms with E-state index < -0.39 is 0 Å². The number of thiophene rings is 1. The maximum absolute atomic E-state index is 12.4. The van der Waals surface area contributed by atoms with Gasteiger partial charge in [-0.1, -0.05) is 6.07 Å².